The Bertz CT molecular complexity index is 152. The van der Waals surface area contributed by atoms with E-state index in [-0.39, 0.29) is 24.7 Å². The molecule has 1 saturated heterocycles. The molecule has 4 nitrogen and oxygen atoms in total. The van der Waals surface area contributed by atoms with Crippen LogP contribution < -0.4 is 0 Å². The van der Waals surface area contributed by atoms with Crippen LogP contribution in [0, 0.1) is 0 Å². The number of imide groups is 1. The molecule has 0 aliphatic carbocycles. The molecule has 0 aromatic carbocycles. The van der Waals surface area contributed by atoms with Crippen molar-refractivity contribution in [2.24, 2.45) is 0 Å². The van der Waals surface area contributed by atoms with E-state index in [0.717, 1.165) is 5.06 Å². The van der Waals surface area contributed by atoms with Gasteiger partial charge in [-0.2, -0.15) is 5.06 Å². The number of nitrogens with zero attached hydrogens (tertiary/aromatic N) is 1. The van der Waals surface area contributed by atoms with E-state index in [4.69, 9.17) is 0 Å². The Labute approximate surface area is 72.4 Å². The van der Waals surface area contributed by atoms with Gasteiger partial charge < -0.3 is 0 Å². The van der Waals surface area contributed by atoms with Crippen molar-refractivity contribution >= 4 is 11.8 Å². The minimum Gasteiger partial charge on any atom is -0.272 e. The van der Waals surface area contributed by atoms with Crippen molar-refractivity contribution < 1.29 is 14.4 Å². The highest BCUT2D eigenvalue weighted by atomic mass is 16.7. The Morgan fingerprint density at radius 3 is 1.75 bits per heavy atom. The minimum atomic E-state index is -0.248. The third-order valence-corrected chi connectivity index (χ3v) is 1.19. The summed E-state index contributed by atoms with van der Waals surface area (Å²) in [6, 6.07) is 0. The maximum absolute atomic E-state index is 10.6. The van der Waals surface area contributed by atoms with E-state index in [1.807, 2.05) is 0 Å². The van der Waals surface area contributed by atoms with E-state index in [1.54, 1.807) is 0 Å². The van der Waals surface area contributed by atoms with Crippen molar-refractivity contribution in [3.63, 3.8) is 0 Å². The van der Waals surface area contributed by atoms with E-state index in [9.17, 15) is 9.59 Å². The molecule has 2 amide bonds. The van der Waals surface area contributed by atoms with Gasteiger partial charge in [-0.3, -0.25) is 14.4 Å². The molecule has 0 aromatic rings. The summed E-state index contributed by atoms with van der Waals surface area (Å²) in [7, 11) is 1.31. The second-order valence-electron chi connectivity index (χ2n) is 2.47. The summed E-state index contributed by atoms with van der Waals surface area (Å²) in [6.45, 7) is 4.25. The van der Waals surface area contributed by atoms with Crippen molar-refractivity contribution in [1.29, 1.82) is 0 Å². The first-order valence-electron chi connectivity index (χ1n) is 4.07. The Hall–Kier alpha value is -0.900. The Morgan fingerprint density at radius 1 is 1.25 bits per heavy atom. The van der Waals surface area contributed by atoms with E-state index in [2.05, 4.69) is 18.7 Å². The van der Waals surface area contributed by atoms with Crippen LogP contribution in [0.25, 0.3) is 0 Å². The van der Waals surface area contributed by atoms with Gasteiger partial charge >= 0.3 is 0 Å². The first kappa shape index (κ1) is 11.1. The molecule has 1 fully saturated rings. The third kappa shape index (κ3) is 3.00. The highest BCUT2D eigenvalue weighted by Crippen LogP contribution is 2.10. The molecule has 0 atom stereocenters. The third-order valence-electron chi connectivity index (χ3n) is 1.19. The second kappa shape index (κ2) is 5.71. The van der Waals surface area contributed by atoms with Gasteiger partial charge in [-0.05, 0) is 0 Å². The molecule has 4 heteroatoms. The van der Waals surface area contributed by atoms with Crippen molar-refractivity contribution in [3.8, 4) is 0 Å². The van der Waals surface area contributed by atoms with E-state index < -0.39 is 0 Å². The van der Waals surface area contributed by atoms with Crippen LogP contribution in [0.5, 0.6) is 0 Å². The molecule has 1 aliphatic rings. The molecule has 1 heterocycles. The van der Waals surface area contributed by atoms with Crippen LogP contribution in [0.15, 0.2) is 0 Å². The lowest BCUT2D eigenvalue weighted by Crippen LogP contribution is -2.27. The molecule has 0 unspecified atom stereocenters. The van der Waals surface area contributed by atoms with Crippen LogP contribution in [0.3, 0.4) is 0 Å². The second-order valence-corrected chi connectivity index (χ2v) is 2.47. The molecule has 0 N–H and O–H groups in total. The van der Waals surface area contributed by atoms with Gasteiger partial charge in [0.2, 0.25) is 0 Å². The SMILES string of the molecule is CCC.CON1C(=O)CCC1=O. The fourth-order valence-corrected chi connectivity index (χ4v) is 0.760. The summed E-state index contributed by atoms with van der Waals surface area (Å²) in [5, 5.41) is 0.792. The zero-order valence-corrected chi connectivity index (χ0v) is 7.79. The molecule has 0 spiro atoms. The maximum atomic E-state index is 10.6. The van der Waals surface area contributed by atoms with Gasteiger partial charge in [-0.15, -0.1) is 0 Å². The molecule has 0 aromatic heterocycles. The number of carbonyl (C=O) groups is 2. The van der Waals surface area contributed by atoms with Crippen LogP contribution in [-0.2, 0) is 14.4 Å². The van der Waals surface area contributed by atoms with E-state index in [1.165, 1.54) is 13.5 Å². The number of amides is 2. The number of hydroxylamine groups is 2. The molecule has 0 bridgehead atoms. The molecule has 1 aliphatic heterocycles. The summed E-state index contributed by atoms with van der Waals surface area (Å²) in [6.07, 6.45) is 1.82. The van der Waals surface area contributed by atoms with Gasteiger partial charge in [0.25, 0.3) is 11.8 Å². The normalized spacial score (nSPS) is 16.1. The summed E-state index contributed by atoms with van der Waals surface area (Å²) in [4.78, 5) is 25.7. The van der Waals surface area contributed by atoms with Gasteiger partial charge in [-0.1, -0.05) is 20.3 Å². The quantitative estimate of drug-likeness (QED) is 0.558. The van der Waals surface area contributed by atoms with Crippen LogP contribution in [0.4, 0.5) is 0 Å². The van der Waals surface area contributed by atoms with Crippen LogP contribution in [0.2, 0.25) is 0 Å². The summed E-state index contributed by atoms with van der Waals surface area (Å²) >= 11 is 0. The topological polar surface area (TPSA) is 46.6 Å². The Kier molecular flexibility index (Phi) is 5.28. The van der Waals surface area contributed by atoms with Crippen molar-refractivity contribution in [2.75, 3.05) is 7.11 Å². The van der Waals surface area contributed by atoms with Crippen molar-refractivity contribution in [1.82, 2.24) is 5.06 Å². The monoisotopic (exact) mass is 173 g/mol. The smallest absolute Gasteiger partial charge is 0.253 e. The summed E-state index contributed by atoms with van der Waals surface area (Å²) < 4.78 is 0. The first-order valence-corrected chi connectivity index (χ1v) is 4.07. The highest BCUT2D eigenvalue weighted by molar-refractivity contribution is 6.00. The predicted molar refractivity (Wildman–Crippen MR) is 44.1 cm³/mol. The van der Waals surface area contributed by atoms with Gasteiger partial charge in [0.15, 0.2) is 0 Å². The Morgan fingerprint density at radius 2 is 1.58 bits per heavy atom. The predicted octanol–water partition coefficient (Wildman–Crippen LogP) is 1.11. The fraction of sp³-hybridized carbons (Fsp3) is 0.750. The zero-order valence-electron chi connectivity index (χ0n) is 7.79. The van der Waals surface area contributed by atoms with Crippen molar-refractivity contribution in [2.45, 2.75) is 33.1 Å². The van der Waals surface area contributed by atoms with Gasteiger partial charge in [0.05, 0.1) is 7.11 Å². The summed E-state index contributed by atoms with van der Waals surface area (Å²) in [5.74, 6) is -0.495. The zero-order chi connectivity index (χ0) is 9.56. The average molecular weight is 173 g/mol. The standard InChI is InChI=1S/C5H7NO3.C3H8/c1-9-6-4(7)2-3-5(6)8;1-3-2/h2-3H2,1H3;3H2,1-2H3. The lowest BCUT2D eigenvalue weighted by molar-refractivity contribution is -0.179. The maximum Gasteiger partial charge on any atom is 0.253 e. The number of hydrogen-bond donors (Lipinski definition) is 0. The number of rotatable bonds is 1. The van der Waals surface area contributed by atoms with Gasteiger partial charge in [-0.25, -0.2) is 0 Å². The highest BCUT2D eigenvalue weighted by Gasteiger charge is 2.28. The fourth-order valence-electron chi connectivity index (χ4n) is 0.760. The van der Waals surface area contributed by atoms with Gasteiger partial charge in [0.1, 0.15) is 0 Å². The molecule has 0 saturated carbocycles. The molecule has 1 rings (SSSR count). The van der Waals surface area contributed by atoms with Crippen molar-refractivity contribution in [3.05, 3.63) is 0 Å². The Balaban J connectivity index is 0.000000354. The summed E-state index contributed by atoms with van der Waals surface area (Å²) in [5.41, 5.74) is 0. The molecular weight excluding hydrogens is 158 g/mol. The molecular formula is C8H15NO3. The number of hydrogen-bond acceptors (Lipinski definition) is 3. The lowest BCUT2D eigenvalue weighted by atomic mass is 10.4. The molecule has 12 heavy (non-hydrogen) atoms. The number of carbonyl (C=O) groups excluding carboxylic acids is 2. The van der Waals surface area contributed by atoms with E-state index in [0.29, 0.717) is 0 Å². The van der Waals surface area contributed by atoms with Crippen LogP contribution in [-0.4, -0.2) is 24.0 Å². The van der Waals surface area contributed by atoms with Gasteiger partial charge in [0, 0.05) is 12.8 Å². The van der Waals surface area contributed by atoms with E-state index >= 15 is 0 Å². The first-order chi connectivity index (χ1) is 5.67. The average Bonchev–Trinajstić information content (AvgIpc) is 2.33. The van der Waals surface area contributed by atoms with Crippen LogP contribution >= 0.6 is 0 Å². The largest absolute Gasteiger partial charge is 0.272 e. The molecule has 0 radical (unpaired) electrons. The van der Waals surface area contributed by atoms with Crippen LogP contribution in [0.1, 0.15) is 33.1 Å². The lowest BCUT2D eigenvalue weighted by Gasteiger charge is -2.07. The minimum absolute atomic E-state index is 0.248. The molecule has 70 valence electrons.